The van der Waals surface area contributed by atoms with Gasteiger partial charge in [0.25, 0.3) is 0 Å². The van der Waals surface area contributed by atoms with Crippen LogP contribution in [0.3, 0.4) is 0 Å². The first-order valence-corrected chi connectivity index (χ1v) is 5.71. The van der Waals surface area contributed by atoms with E-state index in [4.69, 9.17) is 0 Å². The average molecular weight is 155 g/mol. The highest BCUT2D eigenvalue weighted by Crippen LogP contribution is 2.07. The van der Waals surface area contributed by atoms with Gasteiger partial charge in [0.15, 0.2) is 16.3 Å². The Balaban J connectivity index is 2.65. The molecule has 0 fully saturated rings. The zero-order chi connectivity index (χ0) is 7.66. The van der Waals surface area contributed by atoms with E-state index in [9.17, 15) is 0 Å². The van der Waals surface area contributed by atoms with E-state index in [1.165, 1.54) is 50.2 Å². The van der Waals surface area contributed by atoms with E-state index < -0.39 is 0 Å². The molecule has 1 heteroatoms. The fraction of sp³-hybridized carbons (Fsp3) is 1.00. The lowest BCUT2D eigenvalue weighted by Gasteiger charge is -1.97. The molecule has 0 nitrogen and oxygen atoms in total. The fourth-order valence-corrected chi connectivity index (χ4v) is 1.49. The minimum Gasteiger partial charge on any atom is -0.109 e. The molecule has 0 saturated heterocycles. The summed E-state index contributed by atoms with van der Waals surface area (Å²) >= 11 is 2.10. The van der Waals surface area contributed by atoms with Gasteiger partial charge < -0.3 is 0 Å². The molecule has 0 aliphatic heterocycles. The number of hydrogen-bond acceptors (Lipinski definition) is 0. The lowest BCUT2D eigenvalue weighted by molar-refractivity contribution is 0.602. The van der Waals surface area contributed by atoms with Gasteiger partial charge in [-0.3, -0.25) is 0 Å². The second-order valence-electron chi connectivity index (χ2n) is 2.97. The minimum absolute atomic E-state index is 1.37. The Morgan fingerprint density at radius 1 is 0.800 bits per heavy atom. The molecule has 0 aromatic heterocycles. The fourth-order valence-electron chi connectivity index (χ4n) is 1.13. The summed E-state index contributed by atoms with van der Waals surface area (Å²) in [6, 6.07) is 0. The zero-order valence-electron chi connectivity index (χ0n) is 7.36. The number of hydrogen-bond donors (Lipinski definition) is 0. The molecular formula is C9H20Al. The number of unbranched alkanes of at least 4 members (excludes halogenated alkanes) is 6. The third kappa shape index (κ3) is 8.53. The molecule has 0 amide bonds. The van der Waals surface area contributed by atoms with Crippen molar-refractivity contribution < 1.29 is 0 Å². The quantitative estimate of drug-likeness (QED) is 0.391. The maximum Gasteiger partial charge on any atom is 0.173 e. The van der Waals surface area contributed by atoms with Crippen LogP contribution in [0.4, 0.5) is 0 Å². The third-order valence-corrected chi connectivity index (χ3v) is 2.35. The summed E-state index contributed by atoms with van der Waals surface area (Å²) in [4.78, 5) is 0. The Hall–Kier alpha value is 0.532. The van der Waals surface area contributed by atoms with Gasteiger partial charge in [-0.05, 0) is 0 Å². The molecular weight excluding hydrogens is 135 g/mol. The van der Waals surface area contributed by atoms with Crippen molar-refractivity contribution in [2.75, 3.05) is 0 Å². The normalized spacial score (nSPS) is 10.1. The van der Waals surface area contributed by atoms with Gasteiger partial charge in [-0.25, -0.2) is 0 Å². The second kappa shape index (κ2) is 9.53. The van der Waals surface area contributed by atoms with Crippen LogP contribution in [0.25, 0.3) is 0 Å². The van der Waals surface area contributed by atoms with Crippen LogP contribution in [0.1, 0.15) is 51.9 Å². The summed E-state index contributed by atoms with van der Waals surface area (Å²) in [6.45, 7) is 2.27. The van der Waals surface area contributed by atoms with Gasteiger partial charge >= 0.3 is 0 Å². The Bertz CT molecular complexity index is 44.7. The van der Waals surface area contributed by atoms with Crippen molar-refractivity contribution in [2.45, 2.75) is 57.2 Å². The van der Waals surface area contributed by atoms with Gasteiger partial charge in [-0.15, -0.1) is 5.28 Å². The predicted octanol–water partition coefficient (Wildman–Crippen LogP) is 3.06. The van der Waals surface area contributed by atoms with Crippen LogP contribution >= 0.6 is 0 Å². The minimum atomic E-state index is 1.37. The van der Waals surface area contributed by atoms with Crippen LogP contribution < -0.4 is 0 Å². The zero-order valence-corrected chi connectivity index (χ0v) is 8.78. The third-order valence-electron chi connectivity index (χ3n) is 1.85. The van der Waals surface area contributed by atoms with Crippen LogP contribution in [0.15, 0.2) is 0 Å². The van der Waals surface area contributed by atoms with E-state index in [2.05, 4.69) is 23.2 Å². The molecule has 0 atom stereocenters. The van der Waals surface area contributed by atoms with Gasteiger partial charge in [0.1, 0.15) is 0 Å². The molecule has 0 aromatic rings. The molecule has 10 heavy (non-hydrogen) atoms. The van der Waals surface area contributed by atoms with Crippen molar-refractivity contribution in [3.05, 3.63) is 0 Å². The van der Waals surface area contributed by atoms with Crippen LogP contribution in [0, 0.1) is 0 Å². The molecule has 0 bridgehead atoms. The molecule has 0 aliphatic rings. The van der Waals surface area contributed by atoms with Crippen molar-refractivity contribution in [3.8, 4) is 0 Å². The number of rotatable bonds is 7. The summed E-state index contributed by atoms with van der Waals surface area (Å²) in [5.74, 6) is 0. The summed E-state index contributed by atoms with van der Waals surface area (Å²) in [7, 11) is 0. The van der Waals surface area contributed by atoms with Crippen LogP contribution in [0.5, 0.6) is 0 Å². The molecule has 0 saturated carbocycles. The van der Waals surface area contributed by atoms with Crippen molar-refractivity contribution in [3.63, 3.8) is 0 Å². The molecule has 0 N–H and O–H groups in total. The van der Waals surface area contributed by atoms with E-state index in [1.54, 1.807) is 0 Å². The van der Waals surface area contributed by atoms with Crippen molar-refractivity contribution in [2.24, 2.45) is 0 Å². The summed E-state index contributed by atoms with van der Waals surface area (Å²) in [6.07, 6.45) is 10.1. The molecule has 0 aromatic carbocycles. The monoisotopic (exact) mass is 155 g/mol. The molecule has 0 spiro atoms. The van der Waals surface area contributed by atoms with Gasteiger partial charge in [0.05, 0.1) is 0 Å². The maximum atomic E-state index is 2.27. The van der Waals surface area contributed by atoms with Crippen LogP contribution in [-0.2, 0) is 0 Å². The average Bonchev–Trinajstić information content (AvgIpc) is 1.97. The first-order chi connectivity index (χ1) is 4.91. The van der Waals surface area contributed by atoms with E-state index >= 15 is 0 Å². The highest BCUT2D eigenvalue weighted by Gasteiger charge is 1.87. The van der Waals surface area contributed by atoms with E-state index in [-0.39, 0.29) is 0 Å². The van der Waals surface area contributed by atoms with Gasteiger partial charge in [-0.1, -0.05) is 51.9 Å². The Labute approximate surface area is 73.8 Å². The van der Waals surface area contributed by atoms with Gasteiger partial charge in [0.2, 0.25) is 0 Å². The van der Waals surface area contributed by atoms with Gasteiger partial charge in [0, 0.05) is 0 Å². The van der Waals surface area contributed by atoms with Crippen LogP contribution in [-0.4, -0.2) is 16.3 Å². The first-order valence-electron chi connectivity index (χ1n) is 4.71. The summed E-state index contributed by atoms with van der Waals surface area (Å²) < 4.78 is 0. The maximum absolute atomic E-state index is 2.27. The molecule has 0 heterocycles. The Morgan fingerprint density at radius 3 is 1.80 bits per heavy atom. The van der Waals surface area contributed by atoms with Crippen LogP contribution in [0.2, 0.25) is 5.28 Å². The highest BCUT2D eigenvalue weighted by molar-refractivity contribution is 6.08. The topological polar surface area (TPSA) is 0 Å². The van der Waals surface area contributed by atoms with Crippen molar-refractivity contribution in [1.29, 1.82) is 0 Å². The molecule has 1 radical (unpaired) electrons. The van der Waals surface area contributed by atoms with Crippen molar-refractivity contribution >= 4 is 16.3 Å². The lowest BCUT2D eigenvalue weighted by atomic mass is 10.1. The molecule has 0 aliphatic carbocycles. The molecule has 59 valence electrons. The summed E-state index contributed by atoms with van der Waals surface area (Å²) in [5.41, 5.74) is 0. The second-order valence-corrected chi connectivity index (χ2v) is 3.68. The molecule has 0 unspecified atom stereocenters. The highest BCUT2D eigenvalue weighted by atomic mass is 27.0. The van der Waals surface area contributed by atoms with E-state index in [1.807, 2.05) is 0 Å². The standard InChI is InChI=1S/C9H19.Al.H/c1-3-5-7-9-8-6-4-2;;/h1,3-9H2,2H3;;. The SMILES string of the molecule is CCCCCCCC[CH2][AlH]. The lowest BCUT2D eigenvalue weighted by Crippen LogP contribution is -1.78. The van der Waals surface area contributed by atoms with Gasteiger partial charge in [-0.2, -0.15) is 0 Å². The predicted molar refractivity (Wildman–Crippen MR) is 49.9 cm³/mol. The van der Waals surface area contributed by atoms with E-state index in [0.717, 1.165) is 0 Å². The first kappa shape index (κ1) is 10.5. The largest absolute Gasteiger partial charge is 0.173 e. The Kier molecular flexibility index (Phi) is 10.0. The Morgan fingerprint density at radius 2 is 1.30 bits per heavy atom. The van der Waals surface area contributed by atoms with Crippen molar-refractivity contribution in [1.82, 2.24) is 0 Å². The summed E-state index contributed by atoms with van der Waals surface area (Å²) in [5, 5.41) is 1.40. The van der Waals surface area contributed by atoms with E-state index in [0.29, 0.717) is 0 Å². The smallest absolute Gasteiger partial charge is 0.109 e. The molecule has 0 rings (SSSR count).